The van der Waals surface area contributed by atoms with Gasteiger partial charge in [0.25, 0.3) is 0 Å². The first-order valence-corrected chi connectivity index (χ1v) is 7.78. The molecule has 1 aliphatic rings. The fourth-order valence-corrected chi connectivity index (χ4v) is 3.32. The van der Waals surface area contributed by atoms with Gasteiger partial charge in [-0.25, -0.2) is 0 Å². The van der Waals surface area contributed by atoms with Gasteiger partial charge in [-0.05, 0) is 64.6 Å². The van der Waals surface area contributed by atoms with Crippen LogP contribution in [0.5, 0.6) is 0 Å². The highest BCUT2D eigenvalue weighted by Gasteiger charge is 2.29. The van der Waals surface area contributed by atoms with Crippen LogP contribution in [0.15, 0.2) is 24.3 Å². The first kappa shape index (κ1) is 15.8. The van der Waals surface area contributed by atoms with E-state index in [-0.39, 0.29) is 12.1 Å². The van der Waals surface area contributed by atoms with Crippen LogP contribution in [-0.2, 0) is 0 Å². The maximum atomic E-state index is 6.26. The van der Waals surface area contributed by atoms with Crippen molar-refractivity contribution >= 4 is 11.6 Å². The second-order valence-electron chi connectivity index (χ2n) is 6.06. The third-order valence-corrected chi connectivity index (χ3v) is 4.66. The fourth-order valence-electron chi connectivity index (χ4n) is 3.20. The van der Waals surface area contributed by atoms with Gasteiger partial charge in [0.2, 0.25) is 0 Å². The van der Waals surface area contributed by atoms with Gasteiger partial charge < -0.3 is 10.6 Å². The highest BCUT2D eigenvalue weighted by atomic mass is 35.5. The first-order chi connectivity index (χ1) is 9.49. The van der Waals surface area contributed by atoms with E-state index in [0.717, 1.165) is 5.02 Å². The number of benzene rings is 1. The number of nitrogens with two attached hydrogens (primary N) is 1. The number of nitrogens with zero attached hydrogens (tertiary/aromatic N) is 2. The first-order valence-electron chi connectivity index (χ1n) is 7.40. The summed E-state index contributed by atoms with van der Waals surface area (Å²) in [6.45, 7) is 4.42. The van der Waals surface area contributed by atoms with Crippen LogP contribution in [0.4, 0.5) is 0 Å². The maximum absolute atomic E-state index is 6.26. The predicted octanol–water partition coefficient (Wildman–Crippen LogP) is 2.75. The Morgan fingerprint density at radius 3 is 2.30 bits per heavy atom. The number of likely N-dealkylation sites (N-methyl/N-ethyl adjacent to an activating group) is 1. The van der Waals surface area contributed by atoms with E-state index in [1.54, 1.807) is 0 Å². The Labute approximate surface area is 127 Å². The van der Waals surface area contributed by atoms with E-state index in [1.165, 1.54) is 31.5 Å². The molecule has 2 N–H and O–H groups in total. The number of rotatable bonds is 4. The van der Waals surface area contributed by atoms with Gasteiger partial charge in [-0.15, -0.1) is 0 Å². The van der Waals surface area contributed by atoms with Crippen molar-refractivity contribution in [2.75, 3.05) is 27.2 Å². The van der Waals surface area contributed by atoms with Crippen LogP contribution in [0.3, 0.4) is 0 Å². The Morgan fingerprint density at radius 1 is 1.25 bits per heavy atom. The van der Waals surface area contributed by atoms with Crippen LogP contribution in [0.2, 0.25) is 5.02 Å². The summed E-state index contributed by atoms with van der Waals surface area (Å²) in [6, 6.07) is 9.06. The third-order valence-electron chi connectivity index (χ3n) is 4.41. The Hall–Kier alpha value is -0.610. The zero-order valence-electron chi connectivity index (χ0n) is 12.7. The van der Waals surface area contributed by atoms with Gasteiger partial charge in [-0.3, -0.25) is 4.90 Å². The summed E-state index contributed by atoms with van der Waals surface area (Å²) in [7, 11) is 4.40. The molecule has 1 fully saturated rings. The third kappa shape index (κ3) is 3.73. The molecular weight excluding hydrogens is 270 g/mol. The lowest BCUT2D eigenvalue weighted by Gasteiger charge is -2.41. The molecule has 1 aliphatic heterocycles. The van der Waals surface area contributed by atoms with Crippen molar-refractivity contribution in [3.8, 4) is 0 Å². The number of likely N-dealkylation sites (tertiary alicyclic amines) is 1. The molecule has 0 saturated carbocycles. The molecule has 2 rings (SSSR count). The van der Waals surface area contributed by atoms with Crippen molar-refractivity contribution in [2.45, 2.75) is 37.9 Å². The van der Waals surface area contributed by atoms with Crippen molar-refractivity contribution in [1.29, 1.82) is 0 Å². The molecule has 3 nitrogen and oxygen atoms in total. The van der Waals surface area contributed by atoms with Crippen molar-refractivity contribution in [2.24, 2.45) is 5.73 Å². The van der Waals surface area contributed by atoms with Crippen molar-refractivity contribution in [3.63, 3.8) is 0 Å². The molecule has 20 heavy (non-hydrogen) atoms. The molecule has 0 bridgehead atoms. The summed E-state index contributed by atoms with van der Waals surface area (Å²) < 4.78 is 0. The quantitative estimate of drug-likeness (QED) is 0.927. The highest BCUT2D eigenvalue weighted by Crippen LogP contribution is 2.28. The van der Waals surface area contributed by atoms with E-state index < -0.39 is 0 Å². The largest absolute Gasteiger partial charge is 0.326 e. The molecule has 0 spiro atoms. The molecule has 2 atom stereocenters. The molecule has 1 aromatic carbocycles. The Kier molecular flexibility index (Phi) is 5.44. The number of halogens is 1. The minimum Gasteiger partial charge on any atom is -0.326 e. The lowest BCUT2D eigenvalue weighted by atomic mass is 9.95. The summed E-state index contributed by atoms with van der Waals surface area (Å²) in [4.78, 5) is 4.86. The zero-order chi connectivity index (χ0) is 14.7. The Morgan fingerprint density at radius 2 is 1.80 bits per heavy atom. The predicted molar refractivity (Wildman–Crippen MR) is 86.1 cm³/mol. The normalized spacial score (nSPS) is 21.1. The highest BCUT2D eigenvalue weighted by molar-refractivity contribution is 6.30. The lowest BCUT2D eigenvalue weighted by molar-refractivity contribution is 0.0969. The van der Waals surface area contributed by atoms with E-state index in [4.69, 9.17) is 17.3 Å². The molecule has 0 aliphatic carbocycles. The minimum absolute atomic E-state index is 0.0980. The van der Waals surface area contributed by atoms with Gasteiger partial charge >= 0.3 is 0 Å². The van der Waals surface area contributed by atoms with Crippen molar-refractivity contribution in [3.05, 3.63) is 34.9 Å². The Bertz CT molecular complexity index is 410. The zero-order valence-corrected chi connectivity index (χ0v) is 13.5. The van der Waals surface area contributed by atoms with Crippen molar-refractivity contribution < 1.29 is 0 Å². The van der Waals surface area contributed by atoms with Crippen LogP contribution < -0.4 is 5.73 Å². The Balaban J connectivity index is 2.13. The van der Waals surface area contributed by atoms with Gasteiger partial charge in [-0.2, -0.15) is 0 Å². The van der Waals surface area contributed by atoms with E-state index in [2.05, 4.69) is 43.0 Å². The van der Waals surface area contributed by atoms with Gasteiger partial charge in [0.1, 0.15) is 0 Å². The monoisotopic (exact) mass is 295 g/mol. The van der Waals surface area contributed by atoms with Crippen LogP contribution in [0.1, 0.15) is 31.4 Å². The maximum Gasteiger partial charge on any atom is 0.0496 e. The van der Waals surface area contributed by atoms with Crippen LogP contribution in [0.25, 0.3) is 0 Å². The van der Waals surface area contributed by atoms with Gasteiger partial charge in [0.05, 0.1) is 0 Å². The second-order valence-corrected chi connectivity index (χ2v) is 6.49. The van der Waals surface area contributed by atoms with Gasteiger partial charge in [0.15, 0.2) is 0 Å². The molecule has 1 aromatic rings. The number of hydrogen-bond acceptors (Lipinski definition) is 3. The van der Waals surface area contributed by atoms with E-state index in [9.17, 15) is 0 Å². The summed E-state index contributed by atoms with van der Waals surface area (Å²) >= 11 is 5.99. The minimum atomic E-state index is 0.0980. The van der Waals surface area contributed by atoms with Gasteiger partial charge in [-0.1, -0.05) is 23.7 Å². The summed E-state index contributed by atoms with van der Waals surface area (Å²) in [5.74, 6) is 0. The number of hydrogen-bond donors (Lipinski definition) is 1. The SMILES string of the molecule is CC(N)C(c1ccc(Cl)cc1)N(C)C1CCN(C)CC1. The number of piperidine rings is 1. The molecule has 0 aromatic heterocycles. The van der Waals surface area contributed by atoms with Gasteiger partial charge in [0, 0.05) is 23.1 Å². The molecule has 1 saturated heterocycles. The fraction of sp³-hybridized carbons (Fsp3) is 0.625. The molecule has 112 valence electrons. The average molecular weight is 296 g/mol. The van der Waals surface area contributed by atoms with Crippen LogP contribution in [0, 0.1) is 0 Å². The standard InChI is InChI=1S/C16H26ClN3/c1-12(18)16(13-4-6-14(17)7-5-13)20(3)15-8-10-19(2)11-9-15/h4-7,12,15-16H,8-11,18H2,1-3H3. The summed E-state index contributed by atoms with van der Waals surface area (Å²) in [5.41, 5.74) is 7.51. The molecule has 0 amide bonds. The second kappa shape index (κ2) is 6.90. The van der Waals surface area contributed by atoms with Crippen molar-refractivity contribution in [1.82, 2.24) is 9.80 Å². The van der Waals surface area contributed by atoms with Crippen LogP contribution >= 0.6 is 11.6 Å². The molecule has 2 unspecified atom stereocenters. The van der Waals surface area contributed by atoms with E-state index in [1.807, 2.05) is 12.1 Å². The molecule has 4 heteroatoms. The van der Waals surface area contributed by atoms with E-state index >= 15 is 0 Å². The lowest BCUT2D eigenvalue weighted by Crippen LogP contribution is -2.47. The summed E-state index contributed by atoms with van der Waals surface area (Å²) in [6.07, 6.45) is 2.42. The average Bonchev–Trinajstić information content (AvgIpc) is 2.41. The summed E-state index contributed by atoms with van der Waals surface area (Å²) in [5, 5.41) is 0.777. The smallest absolute Gasteiger partial charge is 0.0496 e. The van der Waals surface area contributed by atoms with Crippen LogP contribution in [-0.4, -0.2) is 49.1 Å². The molecule has 0 radical (unpaired) electrons. The molecular formula is C16H26ClN3. The van der Waals surface area contributed by atoms with E-state index in [0.29, 0.717) is 6.04 Å². The molecule has 1 heterocycles. The topological polar surface area (TPSA) is 32.5 Å².